The molecule has 2 aromatic rings. The molecule has 110 valence electrons. The lowest BCUT2D eigenvalue weighted by atomic mass is 10.0. The smallest absolute Gasteiger partial charge is 0.293 e. The number of rotatable bonds is 2. The summed E-state index contributed by atoms with van der Waals surface area (Å²) in [5, 5.41) is 3.81. The Balaban J connectivity index is 1.89. The molecular formula is C16H19N3O2. The fourth-order valence-electron chi connectivity index (χ4n) is 2.73. The van der Waals surface area contributed by atoms with Crippen LogP contribution >= 0.6 is 0 Å². The van der Waals surface area contributed by atoms with Crippen LogP contribution in [0.5, 0.6) is 0 Å². The van der Waals surface area contributed by atoms with E-state index in [1.165, 1.54) is 0 Å². The number of aromatic nitrogens is 1. The number of hydrogen-bond donors (Lipinski definition) is 0. The third kappa shape index (κ3) is 2.83. The van der Waals surface area contributed by atoms with E-state index in [0.717, 1.165) is 24.3 Å². The second-order valence-electron chi connectivity index (χ2n) is 5.52. The zero-order valence-corrected chi connectivity index (χ0v) is 12.3. The number of nitrogens with zero attached hydrogens (tertiary/aromatic N) is 3. The van der Waals surface area contributed by atoms with Gasteiger partial charge in [-0.3, -0.25) is 4.79 Å². The van der Waals surface area contributed by atoms with Crippen LogP contribution in [0.4, 0.5) is 0 Å². The molecule has 0 bridgehead atoms. The molecular weight excluding hydrogens is 266 g/mol. The van der Waals surface area contributed by atoms with Crippen molar-refractivity contribution in [2.75, 3.05) is 26.7 Å². The van der Waals surface area contributed by atoms with Gasteiger partial charge in [0.25, 0.3) is 5.91 Å². The summed E-state index contributed by atoms with van der Waals surface area (Å²) in [5.74, 6) is 0.232. The number of likely N-dealkylation sites (N-methyl/N-ethyl adjacent to an activating group) is 1. The quantitative estimate of drug-likeness (QED) is 0.848. The van der Waals surface area contributed by atoms with E-state index in [9.17, 15) is 4.79 Å². The minimum atomic E-state index is -0.0856. The molecule has 0 aliphatic carbocycles. The first-order valence-corrected chi connectivity index (χ1v) is 7.13. The average Bonchev–Trinajstić information content (AvgIpc) is 2.94. The van der Waals surface area contributed by atoms with Crippen molar-refractivity contribution in [3.05, 3.63) is 53.4 Å². The Morgan fingerprint density at radius 3 is 2.71 bits per heavy atom. The van der Waals surface area contributed by atoms with Crippen molar-refractivity contribution in [1.29, 1.82) is 0 Å². The first kappa shape index (κ1) is 13.8. The lowest BCUT2D eigenvalue weighted by Crippen LogP contribution is -2.49. The van der Waals surface area contributed by atoms with Gasteiger partial charge in [-0.2, -0.15) is 0 Å². The van der Waals surface area contributed by atoms with E-state index in [4.69, 9.17) is 4.52 Å². The van der Waals surface area contributed by atoms with E-state index < -0.39 is 0 Å². The van der Waals surface area contributed by atoms with Crippen LogP contribution in [-0.2, 0) is 0 Å². The van der Waals surface area contributed by atoms with Crippen LogP contribution in [0.1, 0.15) is 27.9 Å². The molecule has 1 aliphatic rings. The summed E-state index contributed by atoms with van der Waals surface area (Å²) in [6.07, 6.45) is 0. The summed E-state index contributed by atoms with van der Waals surface area (Å²) in [7, 11) is 2.08. The third-order valence-corrected chi connectivity index (χ3v) is 3.87. The maximum absolute atomic E-state index is 12.7. The van der Waals surface area contributed by atoms with E-state index in [2.05, 4.69) is 29.2 Å². The number of hydrogen-bond acceptors (Lipinski definition) is 4. The Labute approximate surface area is 124 Å². The molecule has 5 heteroatoms. The standard InChI is InChI=1S/C16H19N3O2/c1-12-10-15(21-17-12)16(20)19-9-8-18(2)11-14(19)13-6-4-3-5-7-13/h3-7,10,14H,8-9,11H2,1-2H3. The summed E-state index contributed by atoms with van der Waals surface area (Å²) in [6, 6.07) is 11.9. The zero-order valence-electron chi connectivity index (χ0n) is 12.3. The van der Waals surface area contributed by atoms with Gasteiger partial charge in [-0.25, -0.2) is 0 Å². The molecule has 3 rings (SSSR count). The van der Waals surface area contributed by atoms with Gasteiger partial charge in [-0.15, -0.1) is 0 Å². The fraction of sp³-hybridized carbons (Fsp3) is 0.375. The number of carbonyl (C=O) groups excluding carboxylic acids is 1. The van der Waals surface area contributed by atoms with Gasteiger partial charge in [0.1, 0.15) is 0 Å². The highest BCUT2D eigenvalue weighted by Crippen LogP contribution is 2.26. The van der Waals surface area contributed by atoms with Gasteiger partial charge in [-0.1, -0.05) is 35.5 Å². The Bertz CT molecular complexity index is 623. The van der Waals surface area contributed by atoms with E-state index in [1.807, 2.05) is 30.0 Å². The minimum absolute atomic E-state index is 0.0443. The molecule has 1 aromatic heterocycles. The van der Waals surface area contributed by atoms with Crippen molar-refractivity contribution in [2.45, 2.75) is 13.0 Å². The summed E-state index contributed by atoms with van der Waals surface area (Å²) < 4.78 is 5.14. The van der Waals surface area contributed by atoms with Crippen molar-refractivity contribution in [3.8, 4) is 0 Å². The number of carbonyl (C=O) groups is 1. The SMILES string of the molecule is Cc1cc(C(=O)N2CCN(C)CC2c2ccccc2)on1. The van der Waals surface area contributed by atoms with Crippen LogP contribution < -0.4 is 0 Å². The van der Waals surface area contributed by atoms with Gasteiger partial charge in [0.2, 0.25) is 5.76 Å². The second-order valence-corrected chi connectivity index (χ2v) is 5.52. The summed E-state index contributed by atoms with van der Waals surface area (Å²) >= 11 is 0. The monoisotopic (exact) mass is 285 g/mol. The zero-order chi connectivity index (χ0) is 14.8. The number of amides is 1. The first-order valence-electron chi connectivity index (χ1n) is 7.13. The Morgan fingerprint density at radius 1 is 1.29 bits per heavy atom. The van der Waals surface area contributed by atoms with Crippen molar-refractivity contribution >= 4 is 5.91 Å². The molecule has 1 unspecified atom stereocenters. The predicted octanol–water partition coefficient (Wildman–Crippen LogP) is 2.11. The van der Waals surface area contributed by atoms with Crippen LogP contribution in [0.2, 0.25) is 0 Å². The number of aryl methyl sites for hydroxylation is 1. The minimum Gasteiger partial charge on any atom is -0.351 e. The molecule has 2 heterocycles. The molecule has 1 aromatic carbocycles. The summed E-state index contributed by atoms with van der Waals surface area (Å²) in [4.78, 5) is 16.8. The molecule has 5 nitrogen and oxygen atoms in total. The molecule has 1 atom stereocenters. The maximum Gasteiger partial charge on any atom is 0.293 e. The number of piperazine rings is 1. The molecule has 0 radical (unpaired) electrons. The number of benzene rings is 1. The highest BCUT2D eigenvalue weighted by molar-refractivity contribution is 5.91. The van der Waals surface area contributed by atoms with Gasteiger partial charge in [0.05, 0.1) is 11.7 Å². The van der Waals surface area contributed by atoms with Gasteiger partial charge >= 0.3 is 0 Å². The average molecular weight is 285 g/mol. The van der Waals surface area contributed by atoms with Crippen LogP contribution in [0.3, 0.4) is 0 Å². The molecule has 1 aliphatic heterocycles. The molecule has 0 N–H and O–H groups in total. The Morgan fingerprint density at radius 2 is 2.05 bits per heavy atom. The van der Waals surface area contributed by atoms with Crippen LogP contribution in [0.15, 0.2) is 40.9 Å². The highest BCUT2D eigenvalue weighted by Gasteiger charge is 2.32. The van der Waals surface area contributed by atoms with Crippen molar-refractivity contribution in [1.82, 2.24) is 15.0 Å². The summed E-state index contributed by atoms with van der Waals surface area (Å²) in [6.45, 7) is 4.19. The molecule has 1 fully saturated rings. The van der Waals surface area contributed by atoms with Gasteiger partial charge in [0, 0.05) is 25.7 Å². The molecule has 1 saturated heterocycles. The van der Waals surface area contributed by atoms with Gasteiger partial charge in [-0.05, 0) is 19.5 Å². The van der Waals surface area contributed by atoms with E-state index >= 15 is 0 Å². The second kappa shape index (κ2) is 5.69. The largest absolute Gasteiger partial charge is 0.351 e. The van der Waals surface area contributed by atoms with Crippen molar-refractivity contribution in [3.63, 3.8) is 0 Å². The van der Waals surface area contributed by atoms with Crippen LogP contribution in [0, 0.1) is 6.92 Å². The molecule has 0 spiro atoms. The highest BCUT2D eigenvalue weighted by atomic mass is 16.5. The van der Waals surface area contributed by atoms with Gasteiger partial charge < -0.3 is 14.3 Å². The molecule has 21 heavy (non-hydrogen) atoms. The van der Waals surface area contributed by atoms with Crippen molar-refractivity contribution in [2.24, 2.45) is 0 Å². The third-order valence-electron chi connectivity index (χ3n) is 3.87. The predicted molar refractivity (Wildman–Crippen MR) is 79.0 cm³/mol. The lowest BCUT2D eigenvalue weighted by Gasteiger charge is -2.39. The first-order chi connectivity index (χ1) is 10.1. The van der Waals surface area contributed by atoms with Crippen LogP contribution in [0.25, 0.3) is 0 Å². The van der Waals surface area contributed by atoms with E-state index in [1.54, 1.807) is 6.07 Å². The Kier molecular flexibility index (Phi) is 3.75. The molecule has 0 saturated carbocycles. The maximum atomic E-state index is 12.7. The lowest BCUT2D eigenvalue weighted by molar-refractivity contribution is 0.0459. The van der Waals surface area contributed by atoms with Crippen molar-refractivity contribution < 1.29 is 9.32 Å². The van der Waals surface area contributed by atoms with E-state index in [0.29, 0.717) is 12.3 Å². The Hall–Kier alpha value is -2.14. The van der Waals surface area contributed by atoms with E-state index in [-0.39, 0.29) is 11.9 Å². The topological polar surface area (TPSA) is 49.6 Å². The summed E-state index contributed by atoms with van der Waals surface area (Å²) in [5.41, 5.74) is 1.87. The normalized spacial score (nSPS) is 19.7. The molecule has 1 amide bonds. The fourth-order valence-corrected chi connectivity index (χ4v) is 2.73. The van der Waals surface area contributed by atoms with Gasteiger partial charge in [0.15, 0.2) is 0 Å². The van der Waals surface area contributed by atoms with Crippen LogP contribution in [-0.4, -0.2) is 47.5 Å².